The number of ketones is 2. The largest absolute Gasteiger partial charge is 0.473 e. The van der Waals surface area contributed by atoms with E-state index in [9.17, 15) is 4.79 Å². The first-order valence-corrected chi connectivity index (χ1v) is 12.6. The molecule has 1 saturated carbocycles. The van der Waals surface area contributed by atoms with Crippen LogP contribution in [-0.4, -0.2) is 18.7 Å². The predicted molar refractivity (Wildman–Crippen MR) is 135 cm³/mol. The highest BCUT2D eigenvalue weighted by Crippen LogP contribution is 2.67. The monoisotopic (exact) mass is 472 g/mol. The first-order chi connectivity index (χ1) is 17.6. The zero-order valence-electron chi connectivity index (χ0n) is 19.9. The van der Waals surface area contributed by atoms with Crippen LogP contribution in [0.2, 0.25) is 0 Å². The molecule has 4 aliphatic carbocycles. The van der Waals surface area contributed by atoms with Crippen LogP contribution in [0.15, 0.2) is 84.9 Å². The maximum Gasteiger partial charge on any atom is 0.209 e. The third kappa shape index (κ3) is 2.09. The zero-order valence-corrected chi connectivity index (χ0v) is 19.9. The molecule has 5 aliphatic rings. The fraction of sp³-hybridized carbons (Fsp3) is 0.250. The van der Waals surface area contributed by atoms with Crippen LogP contribution in [-0.2, 0) is 31.8 Å². The molecular weight excluding hydrogens is 448 g/mol. The van der Waals surface area contributed by atoms with Crippen molar-refractivity contribution in [2.75, 3.05) is 7.11 Å². The Balaban J connectivity index is 1.58. The Hall–Kier alpha value is -3.76. The van der Waals surface area contributed by atoms with Crippen molar-refractivity contribution in [1.29, 1.82) is 0 Å². The van der Waals surface area contributed by atoms with E-state index in [-0.39, 0.29) is 23.9 Å². The second-order valence-corrected chi connectivity index (χ2v) is 10.6. The van der Waals surface area contributed by atoms with Crippen molar-refractivity contribution < 1.29 is 19.1 Å². The van der Waals surface area contributed by atoms with Crippen molar-refractivity contribution in [2.24, 2.45) is 5.92 Å². The van der Waals surface area contributed by atoms with Crippen molar-refractivity contribution in [1.82, 2.24) is 0 Å². The van der Waals surface area contributed by atoms with E-state index in [1.54, 1.807) is 7.11 Å². The molecule has 0 saturated heterocycles. The van der Waals surface area contributed by atoms with Crippen molar-refractivity contribution in [3.63, 3.8) is 0 Å². The molecule has 9 rings (SSSR count). The van der Waals surface area contributed by atoms with Gasteiger partial charge in [-0.25, -0.2) is 0 Å². The van der Waals surface area contributed by atoms with Gasteiger partial charge < -0.3 is 9.47 Å². The van der Waals surface area contributed by atoms with Crippen molar-refractivity contribution >= 4 is 22.3 Å². The maximum absolute atomic E-state index is 15.0. The number of Topliss-reactive ketones (excluding diaryl/α,β-unsaturated/α-hetero) is 2. The molecule has 4 nitrogen and oxygen atoms in total. The smallest absolute Gasteiger partial charge is 0.209 e. The standard InChI is InChI=1S/C32H24O4/c1-35-29-21-11-5-6-12-24(21)31-17-23-19-9-3-2-8-18(19)14-15-26(23)36-32(31)25-13-7-4-10-20(25)22(16-27(32)33)28(29)30(31)34/h2-15,22,28-29H,16-17H2,1H3/t22-,28+,29-,31-,32+/m0/s1. The molecule has 0 N–H and O–H groups in total. The maximum atomic E-state index is 15.0. The van der Waals surface area contributed by atoms with Gasteiger partial charge in [-0.3, -0.25) is 9.59 Å². The summed E-state index contributed by atoms with van der Waals surface area (Å²) in [5.41, 5.74) is 2.15. The molecule has 4 aromatic carbocycles. The van der Waals surface area contributed by atoms with Crippen molar-refractivity contribution in [2.45, 2.75) is 35.9 Å². The van der Waals surface area contributed by atoms with Crippen LogP contribution < -0.4 is 4.74 Å². The Morgan fingerprint density at radius 1 is 0.833 bits per heavy atom. The molecular formula is C32H24O4. The summed E-state index contributed by atoms with van der Waals surface area (Å²) in [6.45, 7) is 0. The fourth-order valence-electron chi connectivity index (χ4n) is 7.98. The molecule has 0 unspecified atom stereocenters. The lowest BCUT2D eigenvalue weighted by Gasteiger charge is -2.54. The van der Waals surface area contributed by atoms with Gasteiger partial charge in [-0.2, -0.15) is 0 Å². The van der Waals surface area contributed by atoms with Crippen LogP contribution in [0.1, 0.15) is 46.3 Å². The summed E-state index contributed by atoms with van der Waals surface area (Å²) in [4.78, 5) is 29.5. The van der Waals surface area contributed by atoms with Gasteiger partial charge in [0.05, 0.1) is 12.0 Å². The van der Waals surface area contributed by atoms with Crippen LogP contribution in [0.25, 0.3) is 10.8 Å². The molecule has 1 heterocycles. The third-order valence-electron chi connectivity index (χ3n) is 9.31. The van der Waals surface area contributed by atoms with Gasteiger partial charge in [-0.05, 0) is 39.9 Å². The molecule has 4 aromatic rings. The number of carbonyl (C=O) groups is 2. The van der Waals surface area contributed by atoms with E-state index in [1.165, 1.54) is 0 Å². The van der Waals surface area contributed by atoms with E-state index in [2.05, 4.69) is 24.3 Å². The van der Waals surface area contributed by atoms with Gasteiger partial charge >= 0.3 is 0 Å². The van der Waals surface area contributed by atoms with Gasteiger partial charge in [-0.1, -0.05) is 78.9 Å². The van der Waals surface area contributed by atoms with Gasteiger partial charge in [0.2, 0.25) is 5.60 Å². The van der Waals surface area contributed by atoms with E-state index in [0.717, 1.165) is 38.6 Å². The van der Waals surface area contributed by atoms with Crippen molar-refractivity contribution in [3.8, 4) is 5.75 Å². The molecule has 0 aromatic heterocycles. The van der Waals surface area contributed by atoms with Crippen LogP contribution in [0.5, 0.6) is 5.75 Å². The lowest BCUT2D eigenvalue weighted by Crippen LogP contribution is -2.66. The summed E-state index contributed by atoms with van der Waals surface area (Å²) in [6.07, 6.45) is 0.276. The minimum absolute atomic E-state index is 0.00702. The zero-order chi connectivity index (χ0) is 24.2. The molecule has 0 amide bonds. The van der Waals surface area contributed by atoms with E-state index < -0.39 is 23.0 Å². The van der Waals surface area contributed by atoms with Crippen LogP contribution in [0.3, 0.4) is 0 Å². The molecule has 5 atom stereocenters. The number of benzene rings is 4. The second-order valence-electron chi connectivity index (χ2n) is 10.6. The minimum Gasteiger partial charge on any atom is -0.473 e. The lowest BCUT2D eigenvalue weighted by molar-refractivity contribution is -0.156. The van der Waals surface area contributed by atoms with Crippen LogP contribution in [0, 0.1) is 5.92 Å². The van der Waals surface area contributed by atoms with E-state index in [0.29, 0.717) is 12.2 Å². The normalized spacial score (nSPS) is 31.1. The molecule has 0 radical (unpaired) electrons. The summed E-state index contributed by atoms with van der Waals surface area (Å²) >= 11 is 0. The number of hydrogen-bond acceptors (Lipinski definition) is 4. The van der Waals surface area contributed by atoms with Crippen molar-refractivity contribution in [3.05, 3.63) is 113 Å². The number of hydrogen-bond donors (Lipinski definition) is 0. The number of fused-ring (bicyclic) bond motifs is 5. The summed E-state index contributed by atoms with van der Waals surface area (Å²) in [7, 11) is 1.67. The Bertz CT molecular complexity index is 1640. The summed E-state index contributed by atoms with van der Waals surface area (Å²) < 4.78 is 13.1. The second kappa shape index (κ2) is 6.71. The van der Waals surface area contributed by atoms with Crippen LogP contribution in [0.4, 0.5) is 0 Å². The summed E-state index contributed by atoms with van der Waals surface area (Å²) in [5, 5.41) is 2.16. The molecule has 36 heavy (non-hydrogen) atoms. The predicted octanol–water partition coefficient (Wildman–Crippen LogP) is 5.56. The van der Waals surface area contributed by atoms with E-state index >= 15 is 4.79 Å². The third-order valence-corrected chi connectivity index (χ3v) is 9.31. The Morgan fingerprint density at radius 2 is 1.56 bits per heavy atom. The van der Waals surface area contributed by atoms with E-state index in [4.69, 9.17) is 9.47 Å². The number of methoxy groups -OCH3 is 1. The molecule has 2 spiro atoms. The molecule has 1 fully saturated rings. The van der Waals surface area contributed by atoms with Gasteiger partial charge in [0.1, 0.15) is 11.2 Å². The lowest BCUT2D eigenvalue weighted by atomic mass is 9.53. The average molecular weight is 473 g/mol. The minimum atomic E-state index is -1.41. The average Bonchev–Trinajstić information content (AvgIpc) is 3.01. The van der Waals surface area contributed by atoms with Gasteiger partial charge in [0, 0.05) is 30.6 Å². The van der Waals surface area contributed by atoms with Gasteiger partial charge in [-0.15, -0.1) is 0 Å². The number of ether oxygens (including phenoxy) is 2. The number of carbonyl (C=O) groups excluding carboxylic acids is 2. The van der Waals surface area contributed by atoms with E-state index in [1.807, 2.05) is 60.7 Å². The Morgan fingerprint density at radius 3 is 2.39 bits per heavy atom. The highest BCUT2D eigenvalue weighted by molar-refractivity contribution is 6.10. The Kier molecular flexibility index (Phi) is 3.81. The first-order valence-electron chi connectivity index (χ1n) is 12.6. The summed E-state index contributed by atoms with van der Waals surface area (Å²) in [6, 6.07) is 28.3. The van der Waals surface area contributed by atoms with Gasteiger partial charge in [0.25, 0.3) is 0 Å². The Labute approximate surface area is 208 Å². The molecule has 176 valence electrons. The summed E-state index contributed by atoms with van der Waals surface area (Å²) in [5.74, 6) is 0.0557. The molecule has 4 bridgehead atoms. The highest BCUT2D eigenvalue weighted by Gasteiger charge is 2.75. The number of rotatable bonds is 1. The molecule has 4 heteroatoms. The SMILES string of the molecule is CO[C@H]1c2ccccc2[C@]23Cc4c(ccc5ccccc45)O[C@]24C(=O)C[C@@H](c2ccccc24)[C@H]1C3=O. The fourth-order valence-corrected chi connectivity index (χ4v) is 7.98. The van der Waals surface area contributed by atoms with Gasteiger partial charge in [0.15, 0.2) is 11.6 Å². The highest BCUT2D eigenvalue weighted by atomic mass is 16.5. The quantitative estimate of drug-likeness (QED) is 0.364. The molecule has 1 aliphatic heterocycles. The van der Waals surface area contributed by atoms with Crippen LogP contribution >= 0.6 is 0 Å². The first kappa shape index (κ1) is 20.4. The topological polar surface area (TPSA) is 52.6 Å².